The van der Waals surface area contributed by atoms with Gasteiger partial charge in [-0.2, -0.15) is 5.10 Å². The molecular formula is C16H16ClN3O. The predicted molar refractivity (Wildman–Crippen MR) is 85.3 cm³/mol. The zero-order valence-electron chi connectivity index (χ0n) is 11.8. The first-order valence-corrected chi connectivity index (χ1v) is 7.29. The molecule has 0 saturated carbocycles. The van der Waals surface area contributed by atoms with Crippen LogP contribution in [0, 0.1) is 6.92 Å². The lowest BCUT2D eigenvalue weighted by molar-refractivity contribution is 0.316. The Morgan fingerprint density at radius 1 is 1.29 bits per heavy atom. The second-order valence-corrected chi connectivity index (χ2v) is 5.31. The molecule has 0 spiro atoms. The number of hydrogen-bond donors (Lipinski definition) is 1. The van der Waals surface area contributed by atoms with Crippen LogP contribution in [0.3, 0.4) is 0 Å². The summed E-state index contributed by atoms with van der Waals surface area (Å²) in [7, 11) is 0. The number of nitrogens with zero attached hydrogens (tertiary/aromatic N) is 2. The van der Waals surface area contributed by atoms with Crippen LogP contribution in [0.4, 0.5) is 5.82 Å². The highest BCUT2D eigenvalue weighted by atomic mass is 35.5. The van der Waals surface area contributed by atoms with Crippen LogP contribution in [-0.2, 0) is 0 Å². The highest BCUT2D eigenvalue weighted by Crippen LogP contribution is 2.28. The van der Waals surface area contributed by atoms with E-state index in [0.29, 0.717) is 17.4 Å². The van der Waals surface area contributed by atoms with Crippen LogP contribution in [0.15, 0.2) is 41.6 Å². The molecule has 1 aromatic carbocycles. The maximum absolute atomic E-state index is 6.08. The van der Waals surface area contributed by atoms with E-state index in [0.717, 1.165) is 35.4 Å². The van der Waals surface area contributed by atoms with Gasteiger partial charge in [0.1, 0.15) is 5.75 Å². The SMILES string of the molecule is Cc1cccc2c1OCCCC2=NNc1ncccc1Cl. The van der Waals surface area contributed by atoms with Gasteiger partial charge < -0.3 is 4.74 Å². The number of aryl methyl sites for hydroxylation is 1. The van der Waals surface area contributed by atoms with Crippen LogP contribution < -0.4 is 10.2 Å². The summed E-state index contributed by atoms with van der Waals surface area (Å²) in [5.74, 6) is 1.48. The number of para-hydroxylation sites is 1. The predicted octanol–water partition coefficient (Wildman–Crippen LogP) is 4.03. The number of aromatic nitrogens is 1. The maximum Gasteiger partial charge on any atom is 0.165 e. The van der Waals surface area contributed by atoms with Crippen LogP contribution in [0.25, 0.3) is 0 Å². The molecule has 3 rings (SSSR count). The fourth-order valence-electron chi connectivity index (χ4n) is 2.32. The molecule has 0 fully saturated rings. The molecule has 0 amide bonds. The van der Waals surface area contributed by atoms with E-state index in [1.54, 1.807) is 18.3 Å². The molecule has 0 bridgehead atoms. The van der Waals surface area contributed by atoms with Gasteiger partial charge in [0.15, 0.2) is 5.82 Å². The lowest BCUT2D eigenvalue weighted by atomic mass is 10.0. The molecule has 0 aliphatic carbocycles. The van der Waals surface area contributed by atoms with E-state index in [1.165, 1.54) is 0 Å². The maximum atomic E-state index is 6.08. The van der Waals surface area contributed by atoms with E-state index in [2.05, 4.69) is 15.5 Å². The minimum atomic E-state index is 0.552. The number of rotatable bonds is 2. The number of halogens is 1. The second-order valence-electron chi connectivity index (χ2n) is 4.91. The summed E-state index contributed by atoms with van der Waals surface area (Å²) in [6.07, 6.45) is 3.47. The fraction of sp³-hybridized carbons (Fsp3) is 0.250. The van der Waals surface area contributed by atoms with Crippen molar-refractivity contribution in [3.63, 3.8) is 0 Å². The van der Waals surface area contributed by atoms with E-state index in [4.69, 9.17) is 16.3 Å². The van der Waals surface area contributed by atoms with Crippen molar-refractivity contribution in [1.82, 2.24) is 4.98 Å². The molecule has 1 aliphatic rings. The summed E-state index contributed by atoms with van der Waals surface area (Å²) in [5, 5.41) is 5.05. The van der Waals surface area contributed by atoms with Crippen molar-refractivity contribution in [2.24, 2.45) is 5.10 Å². The molecular weight excluding hydrogens is 286 g/mol. The van der Waals surface area contributed by atoms with Gasteiger partial charge in [0, 0.05) is 11.8 Å². The monoisotopic (exact) mass is 301 g/mol. The topological polar surface area (TPSA) is 46.5 Å². The Morgan fingerprint density at radius 3 is 3.05 bits per heavy atom. The largest absolute Gasteiger partial charge is 0.493 e. The molecule has 108 valence electrons. The van der Waals surface area contributed by atoms with Gasteiger partial charge >= 0.3 is 0 Å². The van der Waals surface area contributed by atoms with Crippen molar-refractivity contribution in [3.8, 4) is 5.75 Å². The number of ether oxygens (including phenoxy) is 1. The number of hydrazone groups is 1. The van der Waals surface area contributed by atoms with E-state index in [9.17, 15) is 0 Å². The molecule has 21 heavy (non-hydrogen) atoms. The number of fused-ring (bicyclic) bond motifs is 1. The Bertz CT molecular complexity index is 685. The first kappa shape index (κ1) is 13.9. The molecule has 0 radical (unpaired) electrons. The molecule has 4 nitrogen and oxygen atoms in total. The van der Waals surface area contributed by atoms with Gasteiger partial charge in [-0.25, -0.2) is 4.98 Å². The Hall–Kier alpha value is -2.07. The minimum Gasteiger partial charge on any atom is -0.493 e. The number of pyridine rings is 1. The minimum absolute atomic E-state index is 0.552. The van der Waals surface area contributed by atoms with Gasteiger partial charge in [-0.15, -0.1) is 0 Å². The quantitative estimate of drug-likeness (QED) is 0.852. The summed E-state index contributed by atoms with van der Waals surface area (Å²) >= 11 is 6.08. The zero-order valence-corrected chi connectivity index (χ0v) is 12.5. The Morgan fingerprint density at radius 2 is 2.19 bits per heavy atom. The highest BCUT2D eigenvalue weighted by Gasteiger charge is 2.16. The Balaban J connectivity index is 1.94. The average molecular weight is 302 g/mol. The van der Waals surface area contributed by atoms with Gasteiger partial charge in [-0.3, -0.25) is 5.43 Å². The molecule has 0 atom stereocenters. The summed E-state index contributed by atoms with van der Waals surface area (Å²) in [5.41, 5.74) is 6.08. The third-order valence-corrected chi connectivity index (χ3v) is 3.69. The van der Waals surface area contributed by atoms with Crippen molar-refractivity contribution in [3.05, 3.63) is 52.7 Å². The number of nitrogens with one attached hydrogen (secondary N) is 1. The number of hydrogen-bond acceptors (Lipinski definition) is 4. The van der Waals surface area contributed by atoms with Crippen LogP contribution in [0.1, 0.15) is 24.0 Å². The van der Waals surface area contributed by atoms with E-state index in [-0.39, 0.29) is 0 Å². The van der Waals surface area contributed by atoms with E-state index in [1.807, 2.05) is 25.1 Å². The van der Waals surface area contributed by atoms with Crippen molar-refractivity contribution in [2.45, 2.75) is 19.8 Å². The molecule has 2 heterocycles. The molecule has 2 aromatic rings. The van der Waals surface area contributed by atoms with Gasteiger partial charge in [0.05, 0.1) is 17.3 Å². The summed E-state index contributed by atoms with van der Waals surface area (Å²) < 4.78 is 5.83. The zero-order chi connectivity index (χ0) is 14.7. The Kier molecular flexibility index (Phi) is 4.06. The summed E-state index contributed by atoms with van der Waals surface area (Å²) in [6, 6.07) is 9.68. The standard InChI is InChI=1S/C16H16ClN3O/c1-11-5-2-6-12-14(8-4-10-21-15(11)12)19-20-16-13(17)7-3-9-18-16/h2-3,5-7,9H,4,8,10H2,1H3,(H,18,20). The first-order valence-electron chi connectivity index (χ1n) is 6.91. The lowest BCUT2D eigenvalue weighted by Crippen LogP contribution is -2.05. The van der Waals surface area contributed by atoms with E-state index < -0.39 is 0 Å². The summed E-state index contributed by atoms with van der Waals surface area (Å²) in [6.45, 7) is 2.76. The van der Waals surface area contributed by atoms with Crippen molar-refractivity contribution >= 4 is 23.1 Å². The molecule has 1 aliphatic heterocycles. The first-order chi connectivity index (χ1) is 10.3. The van der Waals surface area contributed by atoms with Gasteiger partial charge in [-0.05, 0) is 43.5 Å². The number of anilines is 1. The van der Waals surface area contributed by atoms with Crippen LogP contribution in [0.5, 0.6) is 5.75 Å². The van der Waals surface area contributed by atoms with Crippen molar-refractivity contribution < 1.29 is 4.74 Å². The third kappa shape index (κ3) is 3.00. The molecule has 0 unspecified atom stereocenters. The van der Waals surface area contributed by atoms with Crippen LogP contribution in [0.2, 0.25) is 5.02 Å². The smallest absolute Gasteiger partial charge is 0.165 e. The summed E-state index contributed by atoms with van der Waals surface area (Å²) in [4.78, 5) is 4.18. The third-order valence-electron chi connectivity index (χ3n) is 3.38. The second kappa shape index (κ2) is 6.14. The van der Waals surface area contributed by atoms with Crippen LogP contribution >= 0.6 is 11.6 Å². The molecule has 1 N–H and O–H groups in total. The molecule has 0 saturated heterocycles. The van der Waals surface area contributed by atoms with E-state index >= 15 is 0 Å². The van der Waals surface area contributed by atoms with Gasteiger partial charge in [-0.1, -0.05) is 23.7 Å². The fourth-order valence-corrected chi connectivity index (χ4v) is 2.49. The van der Waals surface area contributed by atoms with Crippen molar-refractivity contribution in [1.29, 1.82) is 0 Å². The lowest BCUT2D eigenvalue weighted by Gasteiger charge is -2.11. The van der Waals surface area contributed by atoms with Gasteiger partial charge in [0.25, 0.3) is 0 Å². The van der Waals surface area contributed by atoms with Crippen LogP contribution in [-0.4, -0.2) is 17.3 Å². The normalized spacial score (nSPS) is 16.0. The average Bonchev–Trinajstić information content (AvgIpc) is 2.70. The molecule has 1 aromatic heterocycles. The molecule has 5 heteroatoms. The highest BCUT2D eigenvalue weighted by molar-refractivity contribution is 6.32. The number of benzene rings is 1. The van der Waals surface area contributed by atoms with Gasteiger partial charge in [0.2, 0.25) is 0 Å². The Labute approximate surface area is 128 Å². The van der Waals surface area contributed by atoms with Crippen molar-refractivity contribution in [2.75, 3.05) is 12.0 Å².